The number of methoxy groups -OCH3 is 1. The fourth-order valence-electron chi connectivity index (χ4n) is 2.56. The van der Waals surface area contributed by atoms with E-state index in [1.807, 2.05) is 0 Å². The van der Waals surface area contributed by atoms with Crippen molar-refractivity contribution in [2.45, 2.75) is 17.6 Å². The molecule has 2 aromatic rings. The van der Waals surface area contributed by atoms with Gasteiger partial charge in [0.15, 0.2) is 6.61 Å². The molecule has 12 heteroatoms. The normalized spacial score (nSPS) is 11.8. The first kappa shape index (κ1) is 25.1. The summed E-state index contributed by atoms with van der Waals surface area (Å²) in [6, 6.07) is 12.3. The molecule has 0 aliphatic heterocycles. The number of sulfonamides is 1. The van der Waals surface area contributed by atoms with E-state index in [9.17, 15) is 31.2 Å². The van der Waals surface area contributed by atoms with E-state index in [0.717, 1.165) is 15.9 Å². The quantitative estimate of drug-likeness (QED) is 0.560. The van der Waals surface area contributed by atoms with Gasteiger partial charge >= 0.3 is 12.1 Å². The maximum absolute atomic E-state index is 13.1. The molecular formula is C20H21F3N2O6S. The van der Waals surface area contributed by atoms with Crippen molar-refractivity contribution in [1.82, 2.24) is 9.62 Å². The van der Waals surface area contributed by atoms with Gasteiger partial charge in [-0.05, 0) is 23.8 Å². The molecule has 0 bridgehead atoms. The van der Waals surface area contributed by atoms with Crippen molar-refractivity contribution in [3.8, 4) is 5.75 Å². The average Bonchev–Trinajstić information content (AvgIpc) is 2.75. The van der Waals surface area contributed by atoms with Gasteiger partial charge in [0.25, 0.3) is 5.91 Å². The van der Waals surface area contributed by atoms with Crippen LogP contribution in [0.25, 0.3) is 0 Å². The molecule has 0 fully saturated rings. The second-order valence-corrected chi connectivity index (χ2v) is 8.59. The van der Waals surface area contributed by atoms with Crippen molar-refractivity contribution < 1.29 is 40.7 Å². The molecule has 0 aromatic heterocycles. The summed E-state index contributed by atoms with van der Waals surface area (Å²) in [5.74, 6) is -2.26. The molecule has 0 aliphatic carbocycles. The zero-order valence-electron chi connectivity index (χ0n) is 17.2. The summed E-state index contributed by atoms with van der Waals surface area (Å²) in [5, 5.41) is 1.56. The van der Waals surface area contributed by atoms with Gasteiger partial charge in [-0.25, -0.2) is 13.2 Å². The topological polar surface area (TPSA) is 102 Å². The summed E-state index contributed by atoms with van der Waals surface area (Å²) < 4.78 is 73.3. The fraction of sp³-hybridized carbons (Fsp3) is 0.300. The largest absolute Gasteiger partial charge is 0.495 e. The highest BCUT2D eigenvalue weighted by atomic mass is 32.2. The molecule has 0 saturated heterocycles. The van der Waals surface area contributed by atoms with Gasteiger partial charge in [0.05, 0.1) is 12.7 Å². The number of alkyl halides is 3. The maximum Gasteiger partial charge on any atom is 0.405 e. The first-order valence-corrected chi connectivity index (χ1v) is 10.6. The zero-order chi connectivity index (χ0) is 23.9. The highest BCUT2D eigenvalue weighted by Crippen LogP contribution is 2.28. The summed E-state index contributed by atoms with van der Waals surface area (Å²) in [7, 11) is -1.48. The smallest absolute Gasteiger partial charge is 0.405 e. The number of benzene rings is 2. The Kier molecular flexibility index (Phi) is 8.22. The molecule has 0 unspecified atom stereocenters. The van der Waals surface area contributed by atoms with Gasteiger partial charge in [-0.1, -0.05) is 30.3 Å². The van der Waals surface area contributed by atoms with Crippen LogP contribution in [0, 0.1) is 0 Å². The average molecular weight is 474 g/mol. The number of esters is 1. The molecule has 8 nitrogen and oxygen atoms in total. The van der Waals surface area contributed by atoms with Gasteiger partial charge in [0.2, 0.25) is 10.0 Å². The number of rotatable bonds is 9. The number of ether oxygens (including phenoxy) is 2. The molecule has 2 rings (SSSR count). The van der Waals surface area contributed by atoms with Crippen LogP contribution in [-0.4, -0.2) is 58.1 Å². The number of amides is 1. The fourth-order valence-corrected chi connectivity index (χ4v) is 3.90. The Morgan fingerprint density at radius 3 is 2.34 bits per heavy atom. The maximum atomic E-state index is 13.1. The van der Waals surface area contributed by atoms with E-state index in [2.05, 4.69) is 4.74 Å². The third kappa shape index (κ3) is 6.95. The van der Waals surface area contributed by atoms with Crippen LogP contribution < -0.4 is 10.1 Å². The van der Waals surface area contributed by atoms with E-state index >= 15 is 0 Å². The highest BCUT2D eigenvalue weighted by molar-refractivity contribution is 7.89. The van der Waals surface area contributed by atoms with E-state index in [0.29, 0.717) is 0 Å². The van der Waals surface area contributed by atoms with E-state index in [1.165, 1.54) is 26.3 Å². The summed E-state index contributed by atoms with van der Waals surface area (Å²) in [6.07, 6.45) is -4.61. The van der Waals surface area contributed by atoms with Crippen LogP contribution in [0.3, 0.4) is 0 Å². The van der Waals surface area contributed by atoms with Crippen LogP contribution >= 0.6 is 0 Å². The monoisotopic (exact) mass is 474 g/mol. The number of halogens is 3. The van der Waals surface area contributed by atoms with Crippen LogP contribution in [0.2, 0.25) is 0 Å². The van der Waals surface area contributed by atoms with Gasteiger partial charge < -0.3 is 14.8 Å². The molecule has 0 saturated carbocycles. The van der Waals surface area contributed by atoms with E-state index in [4.69, 9.17) is 4.74 Å². The Morgan fingerprint density at radius 2 is 1.75 bits per heavy atom. The van der Waals surface area contributed by atoms with Gasteiger partial charge in [0, 0.05) is 13.6 Å². The molecule has 0 aliphatic rings. The Balaban J connectivity index is 2.17. The van der Waals surface area contributed by atoms with E-state index in [-0.39, 0.29) is 22.8 Å². The number of carbonyl (C=O) groups is 2. The predicted octanol–water partition coefficient (Wildman–Crippen LogP) is 2.35. The van der Waals surface area contributed by atoms with Crippen molar-refractivity contribution in [3.63, 3.8) is 0 Å². The molecule has 1 N–H and O–H groups in total. The van der Waals surface area contributed by atoms with Gasteiger partial charge in [-0.2, -0.15) is 17.5 Å². The van der Waals surface area contributed by atoms with Crippen LogP contribution in [0.1, 0.15) is 15.9 Å². The molecule has 0 heterocycles. The number of nitrogens with one attached hydrogen (secondary N) is 1. The van der Waals surface area contributed by atoms with Gasteiger partial charge in [-0.15, -0.1) is 0 Å². The number of hydrogen-bond acceptors (Lipinski definition) is 6. The highest BCUT2D eigenvalue weighted by Gasteiger charge is 2.29. The Morgan fingerprint density at radius 1 is 1.09 bits per heavy atom. The zero-order valence-corrected chi connectivity index (χ0v) is 18.0. The molecule has 2 aromatic carbocycles. The van der Waals surface area contributed by atoms with Gasteiger partial charge in [0.1, 0.15) is 17.2 Å². The van der Waals surface area contributed by atoms with Crippen molar-refractivity contribution in [2.24, 2.45) is 0 Å². The molecule has 1 amide bonds. The third-order valence-electron chi connectivity index (χ3n) is 4.16. The first-order valence-electron chi connectivity index (χ1n) is 9.13. The second kappa shape index (κ2) is 10.5. The Hall–Kier alpha value is -3.12. The van der Waals surface area contributed by atoms with Crippen LogP contribution in [0.5, 0.6) is 5.75 Å². The summed E-state index contributed by atoms with van der Waals surface area (Å²) in [4.78, 5) is 23.3. The minimum absolute atomic E-state index is 0.0237. The first-order chi connectivity index (χ1) is 14.9. The lowest BCUT2D eigenvalue weighted by atomic mass is 10.2. The van der Waals surface area contributed by atoms with E-state index in [1.54, 1.807) is 35.6 Å². The second-order valence-electron chi connectivity index (χ2n) is 6.58. The van der Waals surface area contributed by atoms with E-state index < -0.39 is 41.2 Å². The van der Waals surface area contributed by atoms with Crippen molar-refractivity contribution in [2.75, 3.05) is 27.3 Å². The van der Waals surface area contributed by atoms with Crippen LogP contribution in [-0.2, 0) is 26.1 Å². The number of hydrogen-bond donors (Lipinski definition) is 1. The lowest BCUT2D eigenvalue weighted by molar-refractivity contribution is -0.140. The molecule has 0 radical (unpaired) electrons. The minimum atomic E-state index is -4.61. The summed E-state index contributed by atoms with van der Waals surface area (Å²) in [5.41, 5.74) is 0.513. The van der Waals surface area contributed by atoms with Crippen molar-refractivity contribution in [1.29, 1.82) is 0 Å². The Labute approximate surface area is 183 Å². The van der Waals surface area contributed by atoms with Crippen LogP contribution in [0.4, 0.5) is 13.2 Å². The third-order valence-corrected chi connectivity index (χ3v) is 5.98. The number of carbonyl (C=O) groups excluding carboxylic acids is 2. The lowest BCUT2D eigenvalue weighted by Crippen LogP contribution is -2.36. The molecule has 174 valence electrons. The summed E-state index contributed by atoms with van der Waals surface area (Å²) in [6.45, 7) is -2.47. The molecule has 0 atom stereocenters. The van der Waals surface area contributed by atoms with Crippen molar-refractivity contribution in [3.05, 3.63) is 59.7 Å². The SMILES string of the molecule is COc1ccc(C(=O)OCC(=O)NCC(F)(F)F)cc1S(=O)(=O)N(C)Cc1ccccc1. The molecule has 0 spiro atoms. The van der Waals surface area contributed by atoms with Crippen molar-refractivity contribution >= 4 is 21.9 Å². The standard InChI is InChI=1S/C20H21F3N2O6S/c1-25(11-14-6-4-3-5-7-14)32(28,29)17-10-15(8-9-16(17)30-2)19(27)31-12-18(26)24-13-20(21,22)23/h3-10H,11-13H2,1-2H3,(H,24,26). The Bertz CT molecular complexity index is 1060. The number of nitrogens with zero attached hydrogens (tertiary/aromatic N) is 1. The minimum Gasteiger partial charge on any atom is -0.495 e. The van der Waals surface area contributed by atoms with Gasteiger partial charge in [-0.3, -0.25) is 4.79 Å². The van der Waals surface area contributed by atoms with Crippen LogP contribution in [0.15, 0.2) is 53.4 Å². The summed E-state index contributed by atoms with van der Waals surface area (Å²) >= 11 is 0. The molecule has 32 heavy (non-hydrogen) atoms. The lowest BCUT2D eigenvalue weighted by Gasteiger charge is -2.19. The molecular weight excluding hydrogens is 453 g/mol. The predicted molar refractivity (Wildman–Crippen MR) is 107 cm³/mol.